The molecule has 0 heterocycles. The van der Waals surface area contributed by atoms with E-state index in [1.807, 2.05) is 0 Å². The Labute approximate surface area is 73.8 Å². The van der Waals surface area contributed by atoms with Crippen molar-refractivity contribution < 1.29 is 0 Å². The van der Waals surface area contributed by atoms with E-state index >= 15 is 0 Å². The van der Waals surface area contributed by atoms with Crippen LogP contribution >= 0.6 is 0 Å². The summed E-state index contributed by atoms with van der Waals surface area (Å²) in [5.74, 6) is 5.36. The van der Waals surface area contributed by atoms with E-state index in [1.165, 1.54) is 16.7 Å². The van der Waals surface area contributed by atoms with Gasteiger partial charge >= 0.3 is 0 Å². The zero-order chi connectivity index (χ0) is 9.14. The largest absolute Gasteiger partial charge is 0.271 e. The number of hydrazine groups is 1. The van der Waals surface area contributed by atoms with Crippen LogP contribution in [0.5, 0.6) is 0 Å². The van der Waals surface area contributed by atoms with E-state index < -0.39 is 0 Å². The summed E-state index contributed by atoms with van der Waals surface area (Å²) >= 11 is 0. The molecule has 0 radical (unpaired) electrons. The van der Waals surface area contributed by atoms with Gasteiger partial charge in [0, 0.05) is 6.04 Å². The molecule has 12 heavy (non-hydrogen) atoms. The Morgan fingerprint density at radius 1 is 1.33 bits per heavy atom. The van der Waals surface area contributed by atoms with Gasteiger partial charge < -0.3 is 0 Å². The minimum atomic E-state index is 0.227. The highest BCUT2D eigenvalue weighted by atomic mass is 15.2. The normalized spacial score (nSPS) is 13.0. The lowest BCUT2D eigenvalue weighted by Crippen LogP contribution is -2.26. The van der Waals surface area contributed by atoms with Crippen molar-refractivity contribution in [3.63, 3.8) is 0 Å². The molecule has 2 nitrogen and oxygen atoms in total. The van der Waals surface area contributed by atoms with Crippen LogP contribution in [0.15, 0.2) is 18.2 Å². The van der Waals surface area contributed by atoms with Gasteiger partial charge in [-0.3, -0.25) is 11.3 Å². The van der Waals surface area contributed by atoms with Crippen molar-refractivity contribution in [2.24, 2.45) is 5.84 Å². The lowest BCUT2D eigenvalue weighted by molar-refractivity contribution is 0.599. The van der Waals surface area contributed by atoms with Crippen LogP contribution in [-0.2, 0) is 0 Å². The highest BCUT2D eigenvalue weighted by Crippen LogP contribution is 2.17. The van der Waals surface area contributed by atoms with Gasteiger partial charge in [0.25, 0.3) is 0 Å². The molecule has 0 spiro atoms. The third kappa shape index (κ3) is 1.84. The number of aryl methyl sites for hydroxylation is 2. The highest BCUT2D eigenvalue weighted by molar-refractivity contribution is 5.32. The first kappa shape index (κ1) is 9.23. The molecule has 1 rings (SSSR count). The Hall–Kier alpha value is -0.860. The average molecular weight is 164 g/mol. The molecule has 0 fully saturated rings. The Balaban J connectivity index is 3.01. The number of benzene rings is 1. The maximum atomic E-state index is 5.36. The first-order valence-electron chi connectivity index (χ1n) is 4.18. The molecule has 0 saturated carbocycles. The van der Waals surface area contributed by atoms with Gasteiger partial charge in [0.05, 0.1) is 0 Å². The zero-order valence-corrected chi connectivity index (χ0v) is 7.89. The average Bonchev–Trinajstić information content (AvgIpc) is 2.03. The third-order valence-electron chi connectivity index (χ3n) is 2.14. The first-order chi connectivity index (χ1) is 5.65. The maximum Gasteiger partial charge on any atom is 0.0434 e. The fourth-order valence-electron chi connectivity index (χ4n) is 1.40. The van der Waals surface area contributed by atoms with E-state index in [9.17, 15) is 0 Å². The Morgan fingerprint density at radius 3 is 2.50 bits per heavy atom. The molecule has 0 aliphatic rings. The van der Waals surface area contributed by atoms with Crippen LogP contribution in [-0.4, -0.2) is 0 Å². The minimum absolute atomic E-state index is 0.227. The van der Waals surface area contributed by atoms with E-state index in [0.29, 0.717) is 0 Å². The minimum Gasteiger partial charge on any atom is -0.271 e. The topological polar surface area (TPSA) is 38.0 Å². The third-order valence-corrected chi connectivity index (χ3v) is 2.14. The van der Waals surface area contributed by atoms with Crippen LogP contribution in [0, 0.1) is 13.8 Å². The lowest BCUT2D eigenvalue weighted by Gasteiger charge is -2.13. The summed E-state index contributed by atoms with van der Waals surface area (Å²) in [4.78, 5) is 0. The number of hydrogen-bond acceptors (Lipinski definition) is 2. The first-order valence-corrected chi connectivity index (χ1v) is 4.18. The summed E-state index contributed by atoms with van der Waals surface area (Å²) < 4.78 is 0. The van der Waals surface area contributed by atoms with E-state index in [0.717, 1.165) is 0 Å². The molecule has 1 unspecified atom stereocenters. The number of hydrogen-bond donors (Lipinski definition) is 2. The SMILES string of the molecule is Cc1ccc(C(C)NN)c(C)c1. The summed E-state index contributed by atoms with van der Waals surface area (Å²) in [5, 5.41) is 0. The van der Waals surface area contributed by atoms with Crippen molar-refractivity contribution in [1.82, 2.24) is 5.43 Å². The quantitative estimate of drug-likeness (QED) is 0.517. The molecule has 0 aliphatic carbocycles. The highest BCUT2D eigenvalue weighted by Gasteiger charge is 2.04. The van der Waals surface area contributed by atoms with Gasteiger partial charge in [0.15, 0.2) is 0 Å². The van der Waals surface area contributed by atoms with E-state index in [1.54, 1.807) is 0 Å². The van der Waals surface area contributed by atoms with Gasteiger partial charge in [-0.25, -0.2) is 0 Å². The molecule has 0 bridgehead atoms. The van der Waals surface area contributed by atoms with Gasteiger partial charge in [0.1, 0.15) is 0 Å². The van der Waals surface area contributed by atoms with Crippen molar-refractivity contribution in [2.45, 2.75) is 26.8 Å². The van der Waals surface area contributed by atoms with Crippen molar-refractivity contribution in [3.05, 3.63) is 34.9 Å². The van der Waals surface area contributed by atoms with Gasteiger partial charge in [-0.1, -0.05) is 23.8 Å². The molecule has 66 valence electrons. The second-order valence-electron chi connectivity index (χ2n) is 3.25. The van der Waals surface area contributed by atoms with Crippen LogP contribution in [0.3, 0.4) is 0 Å². The fraction of sp³-hybridized carbons (Fsp3) is 0.400. The van der Waals surface area contributed by atoms with Crippen molar-refractivity contribution >= 4 is 0 Å². The van der Waals surface area contributed by atoms with Crippen LogP contribution < -0.4 is 11.3 Å². The van der Waals surface area contributed by atoms with E-state index in [-0.39, 0.29) is 6.04 Å². The molecular formula is C10H16N2. The van der Waals surface area contributed by atoms with Crippen LogP contribution in [0.1, 0.15) is 29.7 Å². The molecular weight excluding hydrogens is 148 g/mol. The smallest absolute Gasteiger partial charge is 0.0434 e. The summed E-state index contributed by atoms with van der Waals surface area (Å²) in [5.41, 5.74) is 6.59. The van der Waals surface area contributed by atoms with E-state index in [4.69, 9.17) is 5.84 Å². The predicted octanol–water partition coefficient (Wildman–Crippen LogP) is 1.83. The predicted molar refractivity (Wildman–Crippen MR) is 51.7 cm³/mol. The van der Waals surface area contributed by atoms with Crippen molar-refractivity contribution in [1.29, 1.82) is 0 Å². The number of rotatable bonds is 2. The molecule has 3 N–H and O–H groups in total. The Kier molecular flexibility index (Phi) is 2.84. The molecule has 0 amide bonds. The summed E-state index contributed by atoms with van der Waals surface area (Å²) in [7, 11) is 0. The standard InChI is InChI=1S/C10H16N2/c1-7-4-5-10(8(2)6-7)9(3)12-11/h4-6,9,12H,11H2,1-3H3. The second kappa shape index (κ2) is 3.70. The molecule has 0 aliphatic heterocycles. The molecule has 2 heteroatoms. The number of nitrogens with two attached hydrogens (primary N) is 1. The Bertz CT molecular complexity index is 269. The van der Waals surface area contributed by atoms with Gasteiger partial charge in [-0.2, -0.15) is 0 Å². The van der Waals surface area contributed by atoms with Crippen molar-refractivity contribution in [3.8, 4) is 0 Å². The maximum absolute atomic E-state index is 5.36. The second-order valence-corrected chi connectivity index (χ2v) is 3.25. The van der Waals surface area contributed by atoms with Gasteiger partial charge in [-0.15, -0.1) is 0 Å². The zero-order valence-electron chi connectivity index (χ0n) is 7.89. The lowest BCUT2D eigenvalue weighted by atomic mass is 10.0. The summed E-state index contributed by atoms with van der Waals surface area (Å²) in [6.07, 6.45) is 0. The van der Waals surface area contributed by atoms with Gasteiger partial charge in [-0.05, 0) is 31.9 Å². The molecule has 1 aromatic carbocycles. The monoisotopic (exact) mass is 164 g/mol. The molecule has 0 saturated heterocycles. The van der Waals surface area contributed by atoms with Crippen LogP contribution in [0.4, 0.5) is 0 Å². The summed E-state index contributed by atoms with van der Waals surface area (Å²) in [6, 6.07) is 6.62. The fourth-order valence-corrected chi connectivity index (χ4v) is 1.40. The molecule has 1 aromatic rings. The Morgan fingerprint density at radius 2 is 2.00 bits per heavy atom. The molecule has 1 atom stereocenters. The summed E-state index contributed by atoms with van der Waals surface area (Å²) in [6.45, 7) is 6.26. The van der Waals surface area contributed by atoms with Gasteiger partial charge in [0.2, 0.25) is 0 Å². The van der Waals surface area contributed by atoms with Crippen LogP contribution in [0.2, 0.25) is 0 Å². The van der Waals surface area contributed by atoms with E-state index in [2.05, 4.69) is 44.4 Å². The van der Waals surface area contributed by atoms with Crippen molar-refractivity contribution in [2.75, 3.05) is 0 Å². The number of nitrogens with one attached hydrogen (secondary N) is 1. The van der Waals surface area contributed by atoms with Crippen LogP contribution in [0.25, 0.3) is 0 Å². The molecule has 0 aromatic heterocycles.